The van der Waals surface area contributed by atoms with Crippen LogP contribution < -0.4 is 0 Å². The van der Waals surface area contributed by atoms with Crippen LogP contribution in [0.15, 0.2) is 47.2 Å². The molecule has 0 aromatic rings. The quantitative estimate of drug-likeness (QED) is 0.600. The van der Waals surface area contributed by atoms with Crippen LogP contribution in [0.5, 0.6) is 0 Å². The maximum atomic E-state index is 3.95. The zero-order valence-electron chi connectivity index (χ0n) is 13.2. The van der Waals surface area contributed by atoms with E-state index in [1.54, 1.807) is 0 Å². The van der Waals surface area contributed by atoms with Crippen LogP contribution in [-0.4, -0.2) is 18.5 Å². The first-order valence-corrected chi connectivity index (χ1v) is 6.74. The summed E-state index contributed by atoms with van der Waals surface area (Å²) in [4.78, 5) is 2.19. The molecule has 0 spiro atoms. The second kappa shape index (κ2) is 7.97. The van der Waals surface area contributed by atoms with Gasteiger partial charge in [0, 0.05) is 19.8 Å². The molecule has 0 aromatic carbocycles. The molecule has 0 saturated heterocycles. The molecule has 102 valence electrons. The van der Waals surface area contributed by atoms with Crippen LogP contribution in [0.3, 0.4) is 0 Å². The highest BCUT2D eigenvalue weighted by molar-refractivity contribution is 5.44. The molecule has 0 N–H and O–H groups in total. The minimum absolute atomic E-state index is 0.494. The Hall–Kier alpha value is -1.24. The van der Waals surface area contributed by atoms with Gasteiger partial charge in [0.1, 0.15) is 0 Å². The zero-order valence-corrected chi connectivity index (χ0v) is 13.2. The molecule has 0 aliphatic rings. The molecule has 0 aliphatic heterocycles. The van der Waals surface area contributed by atoms with Crippen LogP contribution >= 0.6 is 0 Å². The van der Waals surface area contributed by atoms with Crippen molar-refractivity contribution in [2.45, 2.75) is 41.5 Å². The highest BCUT2D eigenvalue weighted by Crippen LogP contribution is 2.23. The van der Waals surface area contributed by atoms with Gasteiger partial charge in [-0.1, -0.05) is 43.7 Å². The Morgan fingerprint density at radius 3 is 2.11 bits per heavy atom. The zero-order chi connectivity index (χ0) is 14.3. The largest absolute Gasteiger partial charge is 0.380 e. The van der Waals surface area contributed by atoms with Crippen molar-refractivity contribution in [2.24, 2.45) is 5.92 Å². The van der Waals surface area contributed by atoms with Gasteiger partial charge in [-0.15, -0.1) is 0 Å². The Bertz CT molecular complexity index is 363. The van der Waals surface area contributed by atoms with E-state index in [9.17, 15) is 0 Å². The Labute approximate surface area is 114 Å². The molecule has 0 bridgehead atoms. The minimum atomic E-state index is 0.494. The third-order valence-corrected chi connectivity index (χ3v) is 3.19. The lowest BCUT2D eigenvalue weighted by molar-refractivity contribution is 0.481. The molecule has 0 fully saturated rings. The van der Waals surface area contributed by atoms with Crippen LogP contribution in [0.2, 0.25) is 0 Å². The number of rotatable bonds is 6. The van der Waals surface area contributed by atoms with E-state index in [-0.39, 0.29) is 0 Å². The van der Waals surface area contributed by atoms with Crippen LogP contribution in [0.1, 0.15) is 41.5 Å². The first-order valence-electron chi connectivity index (χ1n) is 6.74. The molecular weight excluding hydrogens is 218 g/mol. The summed E-state index contributed by atoms with van der Waals surface area (Å²) in [6.07, 6.45) is 6.42. The first kappa shape index (κ1) is 16.8. The fourth-order valence-electron chi connectivity index (χ4n) is 1.53. The van der Waals surface area contributed by atoms with E-state index in [0.717, 1.165) is 6.54 Å². The van der Waals surface area contributed by atoms with E-state index in [2.05, 4.69) is 72.3 Å². The summed E-state index contributed by atoms with van der Waals surface area (Å²) < 4.78 is 0. The maximum Gasteiger partial charge on any atom is 0.0141 e. The van der Waals surface area contributed by atoms with E-state index in [0.29, 0.717) is 5.92 Å². The summed E-state index contributed by atoms with van der Waals surface area (Å²) in [5, 5.41) is 0. The second-order valence-electron chi connectivity index (χ2n) is 5.30. The van der Waals surface area contributed by atoms with Crippen molar-refractivity contribution in [3.05, 3.63) is 47.2 Å². The average molecular weight is 247 g/mol. The predicted molar refractivity (Wildman–Crippen MR) is 83.6 cm³/mol. The van der Waals surface area contributed by atoms with Crippen LogP contribution in [0.25, 0.3) is 0 Å². The fraction of sp³-hybridized carbons (Fsp3) is 0.529. The molecule has 1 heteroatoms. The maximum absolute atomic E-state index is 3.95. The van der Waals surface area contributed by atoms with E-state index >= 15 is 0 Å². The fourth-order valence-corrected chi connectivity index (χ4v) is 1.53. The van der Waals surface area contributed by atoms with Crippen molar-refractivity contribution in [2.75, 3.05) is 13.6 Å². The summed E-state index contributed by atoms with van der Waals surface area (Å²) in [5.74, 6) is 0.494. The molecule has 0 aliphatic carbocycles. The van der Waals surface area contributed by atoms with Crippen molar-refractivity contribution in [1.82, 2.24) is 4.90 Å². The topological polar surface area (TPSA) is 3.24 Å². The molecule has 0 radical (unpaired) electrons. The van der Waals surface area contributed by atoms with E-state index < -0.39 is 0 Å². The lowest BCUT2D eigenvalue weighted by atomic mass is 9.93. The van der Waals surface area contributed by atoms with Gasteiger partial charge in [0.15, 0.2) is 0 Å². The number of hydrogen-bond donors (Lipinski definition) is 0. The molecular formula is C17H29N. The van der Waals surface area contributed by atoms with E-state index in [1.165, 1.54) is 22.3 Å². The molecule has 18 heavy (non-hydrogen) atoms. The number of hydrogen-bond acceptors (Lipinski definition) is 1. The molecule has 0 rings (SSSR count). The van der Waals surface area contributed by atoms with Crippen molar-refractivity contribution in [3.8, 4) is 0 Å². The second-order valence-corrected chi connectivity index (χ2v) is 5.30. The van der Waals surface area contributed by atoms with Gasteiger partial charge in [-0.25, -0.2) is 0 Å². The normalized spacial score (nSPS) is 12.7. The van der Waals surface area contributed by atoms with Gasteiger partial charge in [0.05, 0.1) is 0 Å². The van der Waals surface area contributed by atoms with Crippen molar-refractivity contribution in [3.63, 3.8) is 0 Å². The average Bonchev–Trinajstić information content (AvgIpc) is 2.32. The Balaban J connectivity index is 5.54. The summed E-state index contributed by atoms with van der Waals surface area (Å²) >= 11 is 0. The highest BCUT2D eigenvalue weighted by atomic mass is 15.1. The predicted octanol–water partition coefficient (Wildman–Crippen LogP) is 4.95. The van der Waals surface area contributed by atoms with Crippen LogP contribution in [0, 0.1) is 5.92 Å². The van der Waals surface area contributed by atoms with Crippen LogP contribution in [-0.2, 0) is 0 Å². The number of allylic oxidation sites excluding steroid dienone is 6. The lowest BCUT2D eigenvalue weighted by Crippen LogP contribution is -2.11. The van der Waals surface area contributed by atoms with E-state index in [4.69, 9.17) is 0 Å². The first-order chi connectivity index (χ1) is 8.33. The summed E-state index contributed by atoms with van der Waals surface area (Å²) in [6.45, 7) is 18.0. The molecule has 0 aromatic heterocycles. The van der Waals surface area contributed by atoms with Crippen molar-refractivity contribution in [1.29, 1.82) is 0 Å². The van der Waals surface area contributed by atoms with E-state index in [1.807, 2.05) is 6.08 Å². The molecule has 0 unspecified atom stereocenters. The van der Waals surface area contributed by atoms with Crippen molar-refractivity contribution < 1.29 is 0 Å². The molecule has 0 amide bonds. The molecule has 0 atom stereocenters. The summed E-state index contributed by atoms with van der Waals surface area (Å²) in [6, 6.07) is 0. The van der Waals surface area contributed by atoms with Gasteiger partial charge in [-0.2, -0.15) is 0 Å². The Morgan fingerprint density at radius 1 is 1.22 bits per heavy atom. The van der Waals surface area contributed by atoms with Gasteiger partial charge in [0.25, 0.3) is 0 Å². The third kappa shape index (κ3) is 5.39. The number of nitrogens with zero attached hydrogens (tertiary/aromatic N) is 1. The smallest absolute Gasteiger partial charge is 0.0141 e. The third-order valence-electron chi connectivity index (χ3n) is 3.19. The van der Waals surface area contributed by atoms with Crippen LogP contribution in [0.4, 0.5) is 0 Å². The Kier molecular flexibility index (Phi) is 7.42. The van der Waals surface area contributed by atoms with Crippen molar-refractivity contribution >= 4 is 0 Å². The van der Waals surface area contributed by atoms with Gasteiger partial charge in [-0.3, -0.25) is 0 Å². The molecule has 0 heterocycles. The highest BCUT2D eigenvalue weighted by Gasteiger charge is 2.08. The minimum Gasteiger partial charge on any atom is -0.380 e. The summed E-state index contributed by atoms with van der Waals surface area (Å²) in [5.41, 5.74) is 5.27. The van der Waals surface area contributed by atoms with Gasteiger partial charge in [-0.05, 0) is 44.8 Å². The Morgan fingerprint density at radius 2 is 1.78 bits per heavy atom. The van der Waals surface area contributed by atoms with Gasteiger partial charge in [0.2, 0.25) is 0 Å². The summed E-state index contributed by atoms with van der Waals surface area (Å²) in [7, 11) is 2.09. The molecule has 1 nitrogen and oxygen atoms in total. The standard InChI is InChI=1S/C17H29N/c1-9-16(12-18(8)10-2)17(14(5)6)11-15(7)13(3)4/h9,11-12,14H,1,10H2,2-8H3/b16-12+,17-11+. The van der Waals surface area contributed by atoms with Gasteiger partial charge < -0.3 is 4.90 Å². The van der Waals surface area contributed by atoms with Gasteiger partial charge >= 0.3 is 0 Å². The lowest BCUT2D eigenvalue weighted by Gasteiger charge is -2.18. The molecule has 0 saturated carbocycles. The SMILES string of the molecule is C=CC(=C\N(C)CC)/C(=C/C(C)=C(C)C)C(C)C. The monoisotopic (exact) mass is 247 g/mol.